The Balaban J connectivity index is 2.69. The van der Waals surface area contributed by atoms with Gasteiger partial charge < -0.3 is 4.98 Å². The van der Waals surface area contributed by atoms with E-state index in [1.54, 1.807) is 12.3 Å². The first-order chi connectivity index (χ1) is 6.70. The Hall–Kier alpha value is -1.35. The van der Waals surface area contributed by atoms with Gasteiger partial charge in [0.2, 0.25) is 0 Å². The number of halogens is 2. The van der Waals surface area contributed by atoms with Crippen molar-refractivity contribution in [3.8, 4) is 11.3 Å². The molecule has 0 aliphatic carbocycles. The minimum atomic E-state index is -0.343. The van der Waals surface area contributed by atoms with Crippen molar-refractivity contribution in [2.24, 2.45) is 0 Å². The van der Waals surface area contributed by atoms with Crippen LogP contribution in [0.2, 0.25) is 5.02 Å². The molecule has 0 saturated carbocycles. The summed E-state index contributed by atoms with van der Waals surface area (Å²) in [5.41, 5.74) is 1.82. The number of nitrogens with one attached hydrogen (secondary N) is 1. The van der Waals surface area contributed by atoms with Gasteiger partial charge in [-0.2, -0.15) is 0 Å². The molecule has 0 atom stereocenters. The molecular formula is C10H8ClFN2. The van der Waals surface area contributed by atoms with Gasteiger partial charge in [0.05, 0.1) is 28.8 Å². The fraction of sp³-hybridized carbons (Fsp3) is 0.100. The maximum Gasteiger partial charge on any atom is 0.134 e. The van der Waals surface area contributed by atoms with Crippen molar-refractivity contribution in [2.75, 3.05) is 0 Å². The van der Waals surface area contributed by atoms with E-state index in [1.807, 2.05) is 6.92 Å². The van der Waals surface area contributed by atoms with Gasteiger partial charge in [0.25, 0.3) is 0 Å². The van der Waals surface area contributed by atoms with Crippen molar-refractivity contribution in [3.05, 3.63) is 41.1 Å². The maximum absolute atomic E-state index is 13.5. The van der Waals surface area contributed by atoms with Crippen molar-refractivity contribution in [3.63, 3.8) is 0 Å². The first kappa shape index (κ1) is 9.21. The third-order valence-corrected chi connectivity index (χ3v) is 2.54. The van der Waals surface area contributed by atoms with Gasteiger partial charge in [-0.15, -0.1) is 0 Å². The normalized spacial score (nSPS) is 10.5. The minimum Gasteiger partial charge on any atom is -0.345 e. The second-order valence-corrected chi connectivity index (χ2v) is 3.40. The lowest BCUT2D eigenvalue weighted by Gasteiger charge is -2.05. The molecule has 4 heteroatoms. The predicted molar refractivity (Wildman–Crippen MR) is 53.7 cm³/mol. The summed E-state index contributed by atoms with van der Waals surface area (Å²) in [5, 5.41) is 0.425. The van der Waals surface area contributed by atoms with Crippen molar-refractivity contribution in [1.29, 1.82) is 0 Å². The Morgan fingerprint density at radius 1 is 1.43 bits per heavy atom. The molecule has 0 bridgehead atoms. The number of hydrogen-bond donors (Lipinski definition) is 1. The van der Waals surface area contributed by atoms with Gasteiger partial charge >= 0.3 is 0 Å². The lowest BCUT2D eigenvalue weighted by molar-refractivity contribution is 0.630. The highest BCUT2D eigenvalue weighted by Gasteiger charge is 2.12. The van der Waals surface area contributed by atoms with Gasteiger partial charge in [-0.3, -0.25) is 0 Å². The van der Waals surface area contributed by atoms with Gasteiger partial charge in [-0.25, -0.2) is 9.37 Å². The average Bonchev–Trinajstić information content (AvgIpc) is 2.65. The molecule has 0 fully saturated rings. The van der Waals surface area contributed by atoms with Crippen LogP contribution in [0.4, 0.5) is 4.39 Å². The van der Waals surface area contributed by atoms with Gasteiger partial charge in [0, 0.05) is 0 Å². The molecule has 0 spiro atoms. The molecular weight excluding hydrogens is 203 g/mol. The van der Waals surface area contributed by atoms with E-state index in [4.69, 9.17) is 11.6 Å². The molecule has 14 heavy (non-hydrogen) atoms. The van der Waals surface area contributed by atoms with Crippen LogP contribution < -0.4 is 0 Å². The summed E-state index contributed by atoms with van der Waals surface area (Å²) in [6.07, 6.45) is 3.04. The van der Waals surface area contributed by atoms with E-state index in [9.17, 15) is 4.39 Å². The van der Waals surface area contributed by atoms with Crippen LogP contribution >= 0.6 is 11.6 Å². The third kappa shape index (κ3) is 1.40. The SMILES string of the molecule is Cc1ccc(F)c(-c2cnc[nH]2)c1Cl. The molecule has 0 unspecified atom stereocenters. The second-order valence-electron chi connectivity index (χ2n) is 3.02. The third-order valence-electron chi connectivity index (χ3n) is 2.05. The molecule has 0 amide bonds. The summed E-state index contributed by atoms with van der Waals surface area (Å²) in [6, 6.07) is 3.05. The van der Waals surface area contributed by atoms with Gasteiger partial charge in [0.15, 0.2) is 0 Å². The zero-order valence-corrected chi connectivity index (χ0v) is 8.27. The second kappa shape index (κ2) is 3.42. The highest BCUT2D eigenvalue weighted by molar-refractivity contribution is 6.34. The molecule has 1 N–H and O–H groups in total. The monoisotopic (exact) mass is 210 g/mol. The lowest BCUT2D eigenvalue weighted by Crippen LogP contribution is -1.88. The number of benzene rings is 1. The lowest BCUT2D eigenvalue weighted by atomic mass is 10.1. The molecule has 2 aromatic rings. The molecule has 1 heterocycles. The van der Waals surface area contributed by atoms with Crippen molar-refractivity contribution < 1.29 is 4.39 Å². The summed E-state index contributed by atoms with van der Waals surface area (Å²) < 4.78 is 13.5. The maximum atomic E-state index is 13.5. The number of hydrogen-bond acceptors (Lipinski definition) is 1. The summed E-state index contributed by atoms with van der Waals surface area (Å²) >= 11 is 6.00. The topological polar surface area (TPSA) is 28.7 Å². The summed E-state index contributed by atoms with van der Waals surface area (Å²) in [4.78, 5) is 6.66. The van der Waals surface area contributed by atoms with E-state index in [2.05, 4.69) is 9.97 Å². The average molecular weight is 211 g/mol. The standard InChI is InChI=1S/C10H8ClFN2/c1-6-2-3-7(12)9(10(6)11)8-4-13-5-14-8/h2-5H,1H3,(H,13,14). The van der Waals surface area contributed by atoms with Gasteiger partial charge in [-0.05, 0) is 18.6 Å². The Morgan fingerprint density at radius 3 is 2.86 bits per heavy atom. The highest BCUT2D eigenvalue weighted by atomic mass is 35.5. The Bertz CT molecular complexity index is 451. The van der Waals surface area contributed by atoms with Crippen molar-refractivity contribution >= 4 is 11.6 Å². The van der Waals surface area contributed by atoms with E-state index in [0.29, 0.717) is 16.3 Å². The summed E-state index contributed by atoms with van der Waals surface area (Å²) in [6.45, 7) is 1.83. The first-order valence-electron chi connectivity index (χ1n) is 4.13. The smallest absolute Gasteiger partial charge is 0.134 e. The number of aromatic amines is 1. The van der Waals surface area contributed by atoms with E-state index >= 15 is 0 Å². The number of rotatable bonds is 1. The van der Waals surface area contributed by atoms with Crippen LogP contribution in [-0.2, 0) is 0 Å². The molecule has 72 valence electrons. The van der Waals surface area contributed by atoms with Gasteiger partial charge in [-0.1, -0.05) is 17.7 Å². The Labute approximate surface area is 85.8 Å². The molecule has 2 rings (SSSR count). The van der Waals surface area contributed by atoms with Crippen LogP contribution in [0.3, 0.4) is 0 Å². The van der Waals surface area contributed by atoms with Crippen LogP contribution in [-0.4, -0.2) is 9.97 Å². The number of H-pyrrole nitrogens is 1. The molecule has 0 aliphatic heterocycles. The van der Waals surface area contributed by atoms with Gasteiger partial charge in [0.1, 0.15) is 5.82 Å². The number of aromatic nitrogens is 2. The van der Waals surface area contributed by atoms with Crippen molar-refractivity contribution in [2.45, 2.75) is 6.92 Å². The number of imidazole rings is 1. The first-order valence-corrected chi connectivity index (χ1v) is 4.51. The predicted octanol–water partition coefficient (Wildman–Crippen LogP) is 3.18. The van der Waals surface area contributed by atoms with Crippen LogP contribution in [0.1, 0.15) is 5.56 Å². The van der Waals surface area contributed by atoms with Crippen molar-refractivity contribution in [1.82, 2.24) is 9.97 Å². The molecule has 0 aliphatic rings. The molecule has 1 aromatic heterocycles. The zero-order chi connectivity index (χ0) is 10.1. The Morgan fingerprint density at radius 2 is 2.21 bits per heavy atom. The van der Waals surface area contributed by atoms with E-state index in [0.717, 1.165) is 5.56 Å². The fourth-order valence-corrected chi connectivity index (χ4v) is 1.55. The van der Waals surface area contributed by atoms with E-state index in [-0.39, 0.29) is 5.82 Å². The fourth-order valence-electron chi connectivity index (χ4n) is 1.30. The van der Waals surface area contributed by atoms with E-state index < -0.39 is 0 Å². The molecule has 0 radical (unpaired) electrons. The minimum absolute atomic E-state index is 0.343. The zero-order valence-electron chi connectivity index (χ0n) is 7.51. The summed E-state index contributed by atoms with van der Waals surface area (Å²) in [5.74, 6) is -0.343. The van der Waals surface area contributed by atoms with Crippen LogP contribution in [0.25, 0.3) is 11.3 Å². The highest BCUT2D eigenvalue weighted by Crippen LogP contribution is 2.31. The summed E-state index contributed by atoms with van der Waals surface area (Å²) in [7, 11) is 0. The van der Waals surface area contributed by atoms with Crippen LogP contribution in [0.5, 0.6) is 0 Å². The van der Waals surface area contributed by atoms with E-state index in [1.165, 1.54) is 12.4 Å². The van der Waals surface area contributed by atoms with Crippen LogP contribution in [0, 0.1) is 12.7 Å². The number of aryl methyl sites for hydroxylation is 1. The quantitative estimate of drug-likeness (QED) is 0.770. The molecule has 1 aromatic carbocycles. The molecule has 2 nitrogen and oxygen atoms in total. The van der Waals surface area contributed by atoms with Crippen LogP contribution in [0.15, 0.2) is 24.7 Å². The Kier molecular flexibility index (Phi) is 2.25. The largest absolute Gasteiger partial charge is 0.345 e. The number of nitrogens with zero attached hydrogens (tertiary/aromatic N) is 1. The molecule has 0 saturated heterocycles.